The molecule has 0 aliphatic rings. The Morgan fingerprint density at radius 1 is 0.386 bits per heavy atom. The van der Waals surface area contributed by atoms with Gasteiger partial charge in [-0.15, -0.1) is 0 Å². The fourth-order valence-corrected chi connectivity index (χ4v) is 6.27. The minimum absolute atomic E-state index is 1.17. The molecule has 0 fully saturated rings. The number of hydrogen-bond acceptors (Lipinski definition) is 2. The van der Waals surface area contributed by atoms with Crippen molar-refractivity contribution in [2.75, 3.05) is 0 Å². The number of halogens is 1. The van der Waals surface area contributed by atoms with Gasteiger partial charge in [0.25, 0.3) is 0 Å². The maximum Gasteiger partial charge on any atom is -0.0171 e. The van der Waals surface area contributed by atoms with Crippen LogP contribution in [-0.2, 0) is 0 Å². The molecule has 44 heavy (non-hydrogen) atoms. The first-order chi connectivity index (χ1) is 21.6. The van der Waals surface area contributed by atoms with E-state index < -0.39 is 0 Å². The molecular weight excluding hydrogens is 617 g/mol. The fraction of sp³-hybridized carbons (Fsp3) is 0. The molecule has 0 N–H and O–H groups in total. The molecule has 0 unspecified atom stereocenters. The predicted molar refractivity (Wildman–Crippen MR) is 199 cm³/mol. The molecule has 0 bridgehead atoms. The van der Waals surface area contributed by atoms with Crippen molar-refractivity contribution in [3.8, 4) is 22.3 Å². The second-order valence-corrected chi connectivity index (χ2v) is 11.5. The van der Waals surface area contributed by atoms with Crippen LogP contribution in [0, 0.1) is 0 Å². The van der Waals surface area contributed by atoms with Crippen LogP contribution < -0.4 is 0 Å². The summed E-state index contributed by atoms with van der Waals surface area (Å²) < 4.78 is 3.87. The molecule has 0 aliphatic heterocycles. The Balaban J connectivity index is 0.000000144. The van der Waals surface area contributed by atoms with E-state index in [1.54, 1.807) is 0 Å². The van der Waals surface area contributed by atoms with Crippen molar-refractivity contribution >= 4 is 79.5 Å². The largest absolute Gasteiger partial charge is 0.0622 e. The van der Waals surface area contributed by atoms with E-state index in [9.17, 15) is 0 Å². The van der Waals surface area contributed by atoms with Crippen LogP contribution in [0.3, 0.4) is 0 Å². The summed E-state index contributed by atoms with van der Waals surface area (Å²) in [6, 6.07) is 58.2. The third kappa shape index (κ3) is 6.52. The molecule has 0 atom stereocenters. The van der Waals surface area contributed by atoms with Crippen molar-refractivity contribution in [2.45, 2.75) is 0 Å². The molecule has 0 amide bonds. The Kier molecular flexibility index (Phi) is 9.31. The van der Waals surface area contributed by atoms with E-state index in [0.717, 1.165) is 0 Å². The van der Waals surface area contributed by atoms with Gasteiger partial charge in [-0.1, -0.05) is 133 Å². The van der Waals surface area contributed by atoms with Gasteiger partial charge < -0.3 is 0 Å². The average Bonchev–Trinajstić information content (AvgIpc) is 3.08. The second kappa shape index (κ2) is 13.9. The molecule has 209 valence electrons. The van der Waals surface area contributed by atoms with Crippen LogP contribution in [0.25, 0.3) is 65.3 Å². The van der Waals surface area contributed by atoms with Gasteiger partial charge in [-0.05, 0) is 112 Å². The van der Waals surface area contributed by atoms with Gasteiger partial charge in [0, 0.05) is 4.47 Å². The number of hydrogen-bond donors (Lipinski definition) is 1. The van der Waals surface area contributed by atoms with E-state index in [-0.39, 0.29) is 0 Å². The Morgan fingerprint density at radius 3 is 1.41 bits per heavy atom. The topological polar surface area (TPSA) is 12.4 Å². The molecule has 8 rings (SSSR count). The first-order valence-corrected chi connectivity index (χ1v) is 15.5. The quantitative estimate of drug-likeness (QED) is 0.109. The van der Waals surface area contributed by atoms with Crippen molar-refractivity contribution in [1.82, 2.24) is 0 Å². The van der Waals surface area contributed by atoms with E-state index in [2.05, 4.69) is 198 Å². The summed E-state index contributed by atoms with van der Waals surface area (Å²) in [5, 5.41) is 10.2. The van der Waals surface area contributed by atoms with Crippen molar-refractivity contribution in [1.29, 1.82) is 0 Å². The number of fused-ring (bicyclic) bond motifs is 4. The molecule has 0 aliphatic carbocycles. The Morgan fingerprint density at radius 2 is 0.795 bits per heavy atom. The molecule has 0 aromatic heterocycles. The van der Waals surface area contributed by atoms with Crippen LogP contribution >= 0.6 is 28.7 Å². The minimum atomic E-state index is 1.17. The molecule has 0 spiro atoms. The first kappa shape index (κ1) is 29.6. The van der Waals surface area contributed by atoms with E-state index in [1.807, 2.05) is 6.07 Å². The number of nitrogens with zero attached hydrogens (tertiary/aromatic N) is 1. The Bertz CT molecular complexity index is 2220. The zero-order chi connectivity index (χ0) is 30.3. The summed E-state index contributed by atoms with van der Waals surface area (Å²) in [6.45, 7) is 0. The molecule has 4 heteroatoms. The third-order valence-corrected chi connectivity index (χ3v) is 8.57. The standard InChI is InChI=1S/C20H13Br.C20H14.BHNS/c21-20-18-9-5-4-8-16(18)12-17-11-10-15(13-19(17)20)14-6-2-1-3-7-14;1-2-6-15(7-3-1)18-10-11-19-12-16-8-4-5-9-17(16)13-20(19)14-18;1-2-3/h1-13H;1-14H;3H. The molecule has 8 aromatic carbocycles. The van der Waals surface area contributed by atoms with Gasteiger partial charge >= 0.3 is 24.8 Å². The monoisotopic (exact) mass is 644 g/mol. The van der Waals surface area contributed by atoms with Crippen molar-refractivity contribution in [3.05, 3.63) is 168 Å². The Labute approximate surface area is 273 Å². The van der Waals surface area contributed by atoms with Gasteiger partial charge in [0.2, 0.25) is 0 Å². The van der Waals surface area contributed by atoms with Gasteiger partial charge in [0.15, 0.2) is 0 Å². The van der Waals surface area contributed by atoms with E-state index in [1.165, 1.54) is 69.8 Å². The zero-order valence-corrected chi connectivity index (χ0v) is 26.4. The van der Waals surface area contributed by atoms with Crippen LogP contribution in [-0.4, -0.2) is 7.64 Å². The van der Waals surface area contributed by atoms with Crippen LogP contribution in [0.5, 0.6) is 0 Å². The van der Waals surface area contributed by atoms with Gasteiger partial charge in [0.1, 0.15) is 0 Å². The maximum absolute atomic E-state index is 4.34. The average molecular weight is 645 g/mol. The molecule has 0 saturated carbocycles. The molecule has 1 nitrogen and oxygen atoms in total. The minimum Gasteiger partial charge on any atom is -0.0622 e. The smallest absolute Gasteiger partial charge is 0.0171 e. The maximum atomic E-state index is 4.34. The van der Waals surface area contributed by atoms with E-state index >= 15 is 0 Å². The summed E-state index contributed by atoms with van der Waals surface area (Å²) >= 11 is 6.98. The molecular formula is C40H28BBrNS. The summed E-state index contributed by atoms with van der Waals surface area (Å²) in [4.78, 5) is 0. The van der Waals surface area contributed by atoms with Crippen LogP contribution in [0.15, 0.2) is 173 Å². The number of thiol groups is 1. The van der Waals surface area contributed by atoms with E-state index in [0.29, 0.717) is 0 Å². The fourth-order valence-electron chi connectivity index (χ4n) is 5.57. The molecule has 8 aromatic rings. The SMILES string of the molecule is Brc1c2ccccc2cc2ccc(-c3ccccc3)cc12.[B]=NS.c1ccc(-c2ccc3cc4ccccc4cc3c2)cc1. The third-order valence-electron chi connectivity index (χ3n) is 7.72. The van der Waals surface area contributed by atoms with Crippen LogP contribution in [0.4, 0.5) is 0 Å². The van der Waals surface area contributed by atoms with Gasteiger partial charge in [-0.25, -0.2) is 0 Å². The van der Waals surface area contributed by atoms with E-state index in [4.69, 9.17) is 0 Å². The van der Waals surface area contributed by atoms with Crippen molar-refractivity contribution in [3.63, 3.8) is 0 Å². The second-order valence-electron chi connectivity index (χ2n) is 10.5. The number of rotatable bonds is 2. The van der Waals surface area contributed by atoms with Gasteiger partial charge in [-0.3, -0.25) is 0 Å². The summed E-state index contributed by atoms with van der Waals surface area (Å²) in [7, 11) is 4.34. The van der Waals surface area contributed by atoms with Gasteiger partial charge in [0.05, 0.1) is 0 Å². The van der Waals surface area contributed by atoms with Crippen LogP contribution in [0.1, 0.15) is 0 Å². The van der Waals surface area contributed by atoms with Crippen molar-refractivity contribution < 1.29 is 0 Å². The predicted octanol–water partition coefficient (Wildman–Crippen LogP) is 12.3. The molecule has 0 heterocycles. The molecule has 1 radical (unpaired) electrons. The molecule has 0 saturated heterocycles. The normalized spacial score (nSPS) is 10.6. The zero-order valence-electron chi connectivity index (χ0n) is 23.9. The number of benzene rings is 8. The summed E-state index contributed by atoms with van der Waals surface area (Å²) in [6.07, 6.45) is 0. The van der Waals surface area contributed by atoms with Crippen LogP contribution in [0.2, 0.25) is 0 Å². The Hall–Kier alpha value is -4.51. The van der Waals surface area contributed by atoms with Crippen molar-refractivity contribution in [2.24, 2.45) is 4.30 Å². The summed E-state index contributed by atoms with van der Waals surface area (Å²) in [5.74, 6) is 0. The summed E-state index contributed by atoms with van der Waals surface area (Å²) in [5.41, 5.74) is 5.04. The first-order valence-electron chi connectivity index (χ1n) is 14.3. The van der Waals surface area contributed by atoms with Gasteiger partial charge in [-0.2, -0.15) is 0 Å².